The summed E-state index contributed by atoms with van der Waals surface area (Å²) in [7, 11) is 0. The highest BCUT2D eigenvalue weighted by atomic mass is 35.5. The minimum Gasteiger partial charge on any atom is -0.479 e. The van der Waals surface area contributed by atoms with Gasteiger partial charge in [-0.05, 0) is 45.7 Å². The van der Waals surface area contributed by atoms with E-state index in [4.69, 9.17) is 21.1 Å². The van der Waals surface area contributed by atoms with Gasteiger partial charge in [0.1, 0.15) is 5.75 Å². The molecule has 1 heterocycles. The fourth-order valence-electron chi connectivity index (χ4n) is 2.63. The van der Waals surface area contributed by atoms with Crippen LogP contribution < -0.4 is 10.1 Å². The molecule has 0 spiro atoms. The van der Waals surface area contributed by atoms with Gasteiger partial charge in [-0.15, -0.1) is 0 Å². The summed E-state index contributed by atoms with van der Waals surface area (Å²) in [6, 6.07) is 7.28. The number of para-hydroxylation sites is 1. The Kier molecular flexibility index (Phi) is 5.48. The lowest BCUT2D eigenvalue weighted by Gasteiger charge is -2.33. The normalized spacial score (nSPS) is 27.0. The summed E-state index contributed by atoms with van der Waals surface area (Å²) in [5, 5.41) is 3.54. The molecule has 0 aliphatic carbocycles. The molecule has 116 valence electrons. The first kappa shape index (κ1) is 16.1. The van der Waals surface area contributed by atoms with E-state index in [0.717, 1.165) is 12.8 Å². The molecule has 0 bridgehead atoms. The van der Waals surface area contributed by atoms with Crippen molar-refractivity contribution in [3.8, 4) is 5.75 Å². The Balaban J connectivity index is 1.89. The summed E-state index contributed by atoms with van der Waals surface area (Å²) in [5.41, 5.74) is 0. The highest BCUT2D eigenvalue weighted by Gasteiger charge is 2.27. The van der Waals surface area contributed by atoms with Crippen LogP contribution in [0.1, 0.15) is 33.6 Å². The number of carbonyl (C=O) groups excluding carboxylic acids is 1. The van der Waals surface area contributed by atoms with Gasteiger partial charge in [0.25, 0.3) is 5.91 Å². The molecule has 0 saturated carbocycles. The van der Waals surface area contributed by atoms with Gasteiger partial charge < -0.3 is 14.8 Å². The Bertz CT molecular complexity index is 484. The molecule has 2 rings (SSSR count). The molecular formula is C16H22ClNO3. The van der Waals surface area contributed by atoms with E-state index in [9.17, 15) is 4.79 Å². The van der Waals surface area contributed by atoms with Crippen LogP contribution in [0.15, 0.2) is 24.3 Å². The van der Waals surface area contributed by atoms with E-state index in [1.807, 2.05) is 26.0 Å². The fourth-order valence-corrected chi connectivity index (χ4v) is 2.81. The van der Waals surface area contributed by atoms with Crippen LogP contribution in [-0.2, 0) is 9.53 Å². The van der Waals surface area contributed by atoms with Gasteiger partial charge in [0.05, 0.1) is 17.2 Å². The van der Waals surface area contributed by atoms with Gasteiger partial charge in [-0.3, -0.25) is 4.79 Å². The van der Waals surface area contributed by atoms with E-state index >= 15 is 0 Å². The quantitative estimate of drug-likeness (QED) is 0.929. The molecule has 4 nitrogen and oxygen atoms in total. The third-order valence-electron chi connectivity index (χ3n) is 3.55. The van der Waals surface area contributed by atoms with E-state index in [0.29, 0.717) is 10.8 Å². The molecule has 1 amide bonds. The second kappa shape index (κ2) is 7.14. The van der Waals surface area contributed by atoms with Crippen molar-refractivity contribution in [1.29, 1.82) is 0 Å². The second-order valence-electron chi connectivity index (χ2n) is 5.62. The minimum absolute atomic E-state index is 0.124. The Morgan fingerprint density at radius 3 is 2.57 bits per heavy atom. The molecule has 0 aromatic heterocycles. The molecule has 1 unspecified atom stereocenters. The van der Waals surface area contributed by atoms with E-state index < -0.39 is 6.10 Å². The summed E-state index contributed by atoms with van der Waals surface area (Å²) in [6.07, 6.45) is 1.40. The van der Waals surface area contributed by atoms with Gasteiger partial charge in [0.2, 0.25) is 0 Å². The molecule has 1 aromatic carbocycles. The van der Waals surface area contributed by atoms with Gasteiger partial charge in [-0.2, -0.15) is 0 Å². The molecule has 21 heavy (non-hydrogen) atoms. The number of hydrogen-bond donors (Lipinski definition) is 1. The summed E-state index contributed by atoms with van der Waals surface area (Å²) >= 11 is 6.03. The molecule has 1 N–H and O–H groups in total. The zero-order valence-electron chi connectivity index (χ0n) is 12.6. The van der Waals surface area contributed by atoms with Crippen molar-refractivity contribution in [2.24, 2.45) is 0 Å². The minimum atomic E-state index is -0.585. The van der Waals surface area contributed by atoms with Gasteiger partial charge in [0, 0.05) is 6.04 Å². The summed E-state index contributed by atoms with van der Waals surface area (Å²) < 4.78 is 11.3. The molecule has 5 heteroatoms. The lowest BCUT2D eigenvalue weighted by molar-refractivity contribution is -0.129. The third-order valence-corrected chi connectivity index (χ3v) is 3.87. The molecule has 1 aliphatic heterocycles. The Labute approximate surface area is 130 Å². The number of benzene rings is 1. The van der Waals surface area contributed by atoms with Crippen LogP contribution in [0.5, 0.6) is 5.75 Å². The zero-order chi connectivity index (χ0) is 15.4. The number of carbonyl (C=O) groups is 1. The van der Waals surface area contributed by atoms with E-state index in [2.05, 4.69) is 5.32 Å². The summed E-state index contributed by atoms with van der Waals surface area (Å²) in [6.45, 7) is 5.78. The number of amides is 1. The van der Waals surface area contributed by atoms with Crippen molar-refractivity contribution in [2.45, 2.75) is 58.0 Å². The first-order valence-electron chi connectivity index (χ1n) is 7.32. The SMILES string of the molecule is C[C@@H]1CC(NC(=O)[C@@H](C)Oc2ccccc2Cl)C[C@H](C)O1. The van der Waals surface area contributed by atoms with Gasteiger partial charge in [-0.25, -0.2) is 0 Å². The van der Waals surface area contributed by atoms with E-state index in [1.165, 1.54) is 0 Å². The average molecular weight is 312 g/mol. The lowest BCUT2D eigenvalue weighted by atomic mass is 10.00. The maximum absolute atomic E-state index is 12.2. The Hall–Kier alpha value is -1.26. The monoisotopic (exact) mass is 311 g/mol. The van der Waals surface area contributed by atoms with E-state index in [1.54, 1.807) is 19.1 Å². The van der Waals surface area contributed by atoms with Crippen LogP contribution in [0, 0.1) is 0 Å². The van der Waals surface area contributed by atoms with Crippen molar-refractivity contribution >= 4 is 17.5 Å². The number of rotatable bonds is 4. The topological polar surface area (TPSA) is 47.6 Å². The van der Waals surface area contributed by atoms with E-state index in [-0.39, 0.29) is 24.2 Å². The predicted molar refractivity (Wildman–Crippen MR) is 82.7 cm³/mol. The molecule has 1 saturated heterocycles. The van der Waals surface area contributed by atoms with Crippen LogP contribution in [0.3, 0.4) is 0 Å². The van der Waals surface area contributed by atoms with Crippen LogP contribution >= 0.6 is 11.6 Å². The van der Waals surface area contributed by atoms with Crippen molar-refractivity contribution in [1.82, 2.24) is 5.32 Å². The van der Waals surface area contributed by atoms with Crippen LogP contribution in [0.25, 0.3) is 0 Å². The average Bonchev–Trinajstić information content (AvgIpc) is 2.40. The number of hydrogen-bond acceptors (Lipinski definition) is 3. The summed E-state index contributed by atoms with van der Waals surface area (Å²) in [5.74, 6) is 0.400. The Morgan fingerprint density at radius 2 is 1.95 bits per heavy atom. The van der Waals surface area contributed by atoms with Crippen LogP contribution in [0.4, 0.5) is 0 Å². The van der Waals surface area contributed by atoms with Gasteiger partial charge in [0.15, 0.2) is 6.10 Å². The smallest absolute Gasteiger partial charge is 0.260 e. The zero-order valence-corrected chi connectivity index (χ0v) is 13.4. The molecular weight excluding hydrogens is 290 g/mol. The van der Waals surface area contributed by atoms with Crippen molar-refractivity contribution in [2.75, 3.05) is 0 Å². The molecule has 1 aliphatic rings. The predicted octanol–water partition coefficient (Wildman–Crippen LogP) is 3.18. The van der Waals surface area contributed by atoms with Gasteiger partial charge >= 0.3 is 0 Å². The van der Waals surface area contributed by atoms with Crippen molar-refractivity contribution < 1.29 is 14.3 Å². The highest BCUT2D eigenvalue weighted by molar-refractivity contribution is 6.32. The number of ether oxygens (including phenoxy) is 2. The van der Waals surface area contributed by atoms with Gasteiger partial charge in [-0.1, -0.05) is 23.7 Å². The summed E-state index contributed by atoms with van der Waals surface area (Å²) in [4.78, 5) is 12.2. The number of nitrogens with one attached hydrogen (secondary N) is 1. The second-order valence-corrected chi connectivity index (χ2v) is 6.03. The Morgan fingerprint density at radius 1 is 1.33 bits per heavy atom. The van der Waals surface area contributed by atoms with Crippen molar-refractivity contribution in [3.05, 3.63) is 29.3 Å². The first-order valence-corrected chi connectivity index (χ1v) is 7.70. The lowest BCUT2D eigenvalue weighted by Crippen LogP contribution is -2.47. The number of halogens is 1. The molecule has 1 aromatic rings. The maximum atomic E-state index is 12.2. The third kappa shape index (κ3) is 4.61. The fraction of sp³-hybridized carbons (Fsp3) is 0.562. The first-order chi connectivity index (χ1) is 9.95. The largest absolute Gasteiger partial charge is 0.479 e. The van der Waals surface area contributed by atoms with Crippen LogP contribution in [-0.4, -0.2) is 30.3 Å². The van der Waals surface area contributed by atoms with Crippen molar-refractivity contribution in [3.63, 3.8) is 0 Å². The maximum Gasteiger partial charge on any atom is 0.260 e. The molecule has 0 radical (unpaired) electrons. The standard InChI is InChI=1S/C16H22ClNO3/c1-10-8-13(9-11(2)20-10)18-16(19)12(3)21-15-7-5-4-6-14(15)17/h4-7,10-13H,8-9H2,1-3H3,(H,18,19)/t10-,11+,12-,13?/m1/s1. The molecule has 4 atom stereocenters. The van der Waals surface area contributed by atoms with Crippen LogP contribution in [0.2, 0.25) is 5.02 Å². The highest BCUT2D eigenvalue weighted by Crippen LogP contribution is 2.24. The molecule has 1 fully saturated rings.